The maximum Gasteiger partial charge on any atom is 0.573 e. The zero-order valence-electron chi connectivity index (χ0n) is 22.3. The summed E-state index contributed by atoms with van der Waals surface area (Å²) in [7, 11) is -3.92. The summed E-state index contributed by atoms with van der Waals surface area (Å²) in [5.74, 6) is -0.485. The standard InChI is InChI=1S/C19H23F3N2O3S.C9H14N2/c1-3-12-23-14(2)13-15-4-6-16(7-5-15)24-28(25,26)18-10-8-17(9-11-18)27-19(20,21)22;1-7(10)6-8-2-4-9(11)5-3-8/h4-11,14,23-24H,3,12-13H2,1-2H3;2-5,7H,6,10-11H2,1H3/t14-;7-/m11/s1. The van der Waals surface area contributed by atoms with E-state index in [1.807, 2.05) is 43.3 Å². The van der Waals surface area contributed by atoms with Gasteiger partial charge in [0.2, 0.25) is 0 Å². The van der Waals surface area contributed by atoms with Crippen molar-refractivity contribution < 1.29 is 26.3 Å². The molecular weight excluding hydrogens is 529 g/mol. The lowest BCUT2D eigenvalue weighted by Crippen LogP contribution is -2.28. The highest BCUT2D eigenvalue weighted by Crippen LogP contribution is 2.25. The second-order valence-corrected chi connectivity index (χ2v) is 11.0. The molecule has 6 N–H and O–H groups in total. The number of nitrogens with one attached hydrogen (secondary N) is 2. The first-order valence-electron chi connectivity index (χ1n) is 12.6. The molecule has 0 saturated heterocycles. The van der Waals surface area contributed by atoms with E-state index in [0.29, 0.717) is 11.7 Å². The minimum atomic E-state index is -4.83. The minimum Gasteiger partial charge on any atom is -0.406 e. The van der Waals surface area contributed by atoms with E-state index >= 15 is 0 Å². The Bertz CT molecular complexity index is 1230. The van der Waals surface area contributed by atoms with Crippen molar-refractivity contribution in [1.82, 2.24) is 5.32 Å². The quantitative estimate of drug-likeness (QED) is 0.228. The predicted molar refractivity (Wildman–Crippen MR) is 150 cm³/mol. The lowest BCUT2D eigenvalue weighted by molar-refractivity contribution is -0.274. The second kappa shape index (κ2) is 14.8. The zero-order valence-corrected chi connectivity index (χ0v) is 23.1. The number of sulfonamides is 1. The van der Waals surface area contributed by atoms with Crippen LogP contribution in [0.3, 0.4) is 0 Å². The molecule has 214 valence electrons. The van der Waals surface area contributed by atoms with E-state index in [2.05, 4.69) is 28.6 Å². The van der Waals surface area contributed by atoms with Crippen LogP contribution in [0.1, 0.15) is 38.3 Å². The molecule has 3 aromatic carbocycles. The Hall–Kier alpha value is -3.28. The summed E-state index contributed by atoms with van der Waals surface area (Å²) in [5, 5.41) is 3.38. The fourth-order valence-electron chi connectivity index (χ4n) is 3.59. The summed E-state index contributed by atoms with van der Waals surface area (Å²) in [6.45, 7) is 7.11. The van der Waals surface area contributed by atoms with Gasteiger partial charge < -0.3 is 21.5 Å². The average molecular weight is 567 g/mol. The lowest BCUT2D eigenvalue weighted by Gasteiger charge is -2.14. The van der Waals surface area contributed by atoms with Crippen LogP contribution in [0.5, 0.6) is 5.75 Å². The molecule has 0 bridgehead atoms. The molecule has 0 saturated carbocycles. The zero-order chi connectivity index (χ0) is 29.1. The van der Waals surface area contributed by atoms with Crippen molar-refractivity contribution in [2.75, 3.05) is 17.0 Å². The van der Waals surface area contributed by atoms with Crippen molar-refractivity contribution in [2.45, 2.75) is 63.4 Å². The maximum absolute atomic E-state index is 12.4. The number of anilines is 2. The highest BCUT2D eigenvalue weighted by Gasteiger charge is 2.31. The van der Waals surface area contributed by atoms with Gasteiger partial charge in [0.1, 0.15) is 5.75 Å². The van der Waals surface area contributed by atoms with E-state index in [1.54, 1.807) is 12.1 Å². The van der Waals surface area contributed by atoms with Gasteiger partial charge in [-0.15, -0.1) is 13.2 Å². The SMILES string of the molecule is CCCN[C@H](C)Cc1ccc(NS(=O)(=O)c2ccc(OC(F)(F)F)cc2)cc1.C[C@@H](N)Cc1ccc(N)cc1. The number of benzene rings is 3. The molecule has 0 fully saturated rings. The Labute approximate surface area is 228 Å². The van der Waals surface area contributed by atoms with Crippen molar-refractivity contribution in [3.05, 3.63) is 83.9 Å². The molecule has 0 aliphatic rings. The van der Waals surface area contributed by atoms with E-state index in [9.17, 15) is 21.6 Å². The van der Waals surface area contributed by atoms with Gasteiger partial charge in [0.25, 0.3) is 10.0 Å². The Balaban J connectivity index is 0.000000404. The van der Waals surface area contributed by atoms with Crippen LogP contribution in [0.4, 0.5) is 24.5 Å². The summed E-state index contributed by atoms with van der Waals surface area (Å²) in [5.41, 5.74) is 14.6. The van der Waals surface area contributed by atoms with Crippen LogP contribution in [-0.2, 0) is 22.9 Å². The largest absolute Gasteiger partial charge is 0.573 e. The van der Waals surface area contributed by atoms with Gasteiger partial charge in [-0.25, -0.2) is 8.42 Å². The fourth-order valence-corrected chi connectivity index (χ4v) is 4.64. The Morgan fingerprint density at radius 3 is 1.92 bits per heavy atom. The highest BCUT2D eigenvalue weighted by molar-refractivity contribution is 7.92. The fraction of sp³-hybridized carbons (Fsp3) is 0.357. The number of halogens is 3. The van der Waals surface area contributed by atoms with Crippen LogP contribution >= 0.6 is 0 Å². The van der Waals surface area contributed by atoms with Crippen LogP contribution in [0, 0.1) is 0 Å². The van der Waals surface area contributed by atoms with Crippen LogP contribution in [0.2, 0.25) is 0 Å². The Kier molecular flexibility index (Phi) is 12.1. The number of ether oxygens (including phenoxy) is 1. The van der Waals surface area contributed by atoms with Gasteiger partial charge in [-0.1, -0.05) is 31.2 Å². The Morgan fingerprint density at radius 2 is 1.41 bits per heavy atom. The molecule has 0 spiro atoms. The van der Waals surface area contributed by atoms with Crippen LogP contribution < -0.4 is 26.2 Å². The first-order valence-corrected chi connectivity index (χ1v) is 14.1. The van der Waals surface area contributed by atoms with Gasteiger partial charge in [0.15, 0.2) is 0 Å². The van der Waals surface area contributed by atoms with E-state index in [-0.39, 0.29) is 10.9 Å². The molecule has 3 aromatic rings. The predicted octanol–water partition coefficient (Wildman–Crippen LogP) is 5.48. The topological polar surface area (TPSA) is 119 Å². The van der Waals surface area contributed by atoms with E-state index in [0.717, 1.165) is 61.3 Å². The molecule has 3 rings (SSSR count). The summed E-state index contributed by atoms with van der Waals surface area (Å²) in [6.07, 6.45) is -2.05. The molecule has 0 radical (unpaired) electrons. The maximum atomic E-state index is 12.4. The molecule has 0 heterocycles. The van der Waals surface area contributed by atoms with Crippen LogP contribution in [-0.4, -0.2) is 33.4 Å². The number of nitrogens with two attached hydrogens (primary N) is 2. The summed E-state index contributed by atoms with van der Waals surface area (Å²) in [4.78, 5) is -0.163. The molecule has 11 heteroatoms. The monoisotopic (exact) mass is 566 g/mol. The number of hydrogen-bond donors (Lipinski definition) is 4. The van der Waals surface area contributed by atoms with Gasteiger partial charge in [-0.3, -0.25) is 4.72 Å². The third kappa shape index (κ3) is 12.4. The number of alkyl halides is 3. The van der Waals surface area contributed by atoms with Crippen molar-refractivity contribution in [2.24, 2.45) is 5.73 Å². The van der Waals surface area contributed by atoms with E-state index in [1.165, 1.54) is 5.56 Å². The number of hydrogen-bond acceptors (Lipinski definition) is 6. The normalized spacial score (nSPS) is 13.1. The van der Waals surface area contributed by atoms with E-state index < -0.39 is 22.1 Å². The van der Waals surface area contributed by atoms with Crippen LogP contribution in [0.15, 0.2) is 77.7 Å². The molecule has 0 unspecified atom stereocenters. The van der Waals surface area contributed by atoms with E-state index in [4.69, 9.17) is 11.5 Å². The molecule has 7 nitrogen and oxygen atoms in total. The van der Waals surface area contributed by atoms with Crippen molar-refractivity contribution in [1.29, 1.82) is 0 Å². The van der Waals surface area contributed by atoms with Crippen molar-refractivity contribution in [3.63, 3.8) is 0 Å². The first kappa shape index (κ1) is 31.9. The van der Waals surface area contributed by atoms with Gasteiger partial charge in [0, 0.05) is 23.5 Å². The third-order valence-electron chi connectivity index (χ3n) is 5.40. The second-order valence-electron chi connectivity index (χ2n) is 9.30. The molecule has 0 amide bonds. The average Bonchev–Trinajstić information content (AvgIpc) is 2.85. The molecule has 0 aliphatic heterocycles. The van der Waals surface area contributed by atoms with Gasteiger partial charge in [-0.05, 0) is 99.3 Å². The molecule has 2 atom stereocenters. The Morgan fingerprint density at radius 1 is 0.872 bits per heavy atom. The summed E-state index contributed by atoms with van der Waals surface area (Å²) >= 11 is 0. The number of nitrogen functional groups attached to an aromatic ring is 1. The molecular formula is C28H37F3N4O3S. The highest BCUT2D eigenvalue weighted by atomic mass is 32.2. The van der Waals surface area contributed by atoms with Crippen LogP contribution in [0.25, 0.3) is 0 Å². The molecule has 39 heavy (non-hydrogen) atoms. The third-order valence-corrected chi connectivity index (χ3v) is 6.79. The smallest absolute Gasteiger partial charge is 0.406 e. The number of rotatable bonds is 11. The summed E-state index contributed by atoms with van der Waals surface area (Å²) < 4.78 is 67.5. The van der Waals surface area contributed by atoms with Crippen molar-refractivity contribution >= 4 is 21.4 Å². The lowest BCUT2D eigenvalue weighted by atomic mass is 10.1. The first-order chi connectivity index (χ1) is 18.3. The van der Waals surface area contributed by atoms with Crippen molar-refractivity contribution in [3.8, 4) is 5.75 Å². The van der Waals surface area contributed by atoms with Gasteiger partial charge >= 0.3 is 6.36 Å². The minimum absolute atomic E-state index is 0.163. The molecule has 0 aliphatic carbocycles. The van der Waals surface area contributed by atoms with Gasteiger partial charge in [-0.2, -0.15) is 0 Å². The molecule has 0 aromatic heterocycles. The van der Waals surface area contributed by atoms with Gasteiger partial charge in [0.05, 0.1) is 4.90 Å². The summed E-state index contributed by atoms with van der Waals surface area (Å²) in [6, 6.07) is 19.3.